The average molecular weight is 182 g/mol. The Kier molecular flexibility index (Phi) is 2.69. The summed E-state index contributed by atoms with van der Waals surface area (Å²) >= 11 is 0. The van der Waals surface area contributed by atoms with Crippen molar-refractivity contribution in [2.24, 2.45) is 0 Å². The number of nitro groups is 1. The first-order valence-electron chi connectivity index (χ1n) is 3.69. The molecule has 0 aliphatic heterocycles. The largest absolute Gasteiger partial charge is 0.490 e. The molecule has 0 atom stereocenters. The number of benzene rings is 1. The summed E-state index contributed by atoms with van der Waals surface area (Å²) in [6.07, 6.45) is 0. The molecule has 0 spiro atoms. The molecule has 1 N–H and O–H groups in total. The zero-order valence-electron chi connectivity index (χ0n) is 7.40. The Morgan fingerprint density at radius 1 is 1.54 bits per heavy atom. The average Bonchev–Trinajstić information content (AvgIpc) is 2.16. The quantitative estimate of drug-likeness (QED) is 0.570. The molecule has 0 unspecified atom stereocenters. The van der Waals surface area contributed by atoms with E-state index in [1.165, 1.54) is 13.2 Å². The van der Waals surface area contributed by atoms with Gasteiger partial charge < -0.3 is 10.1 Å². The van der Waals surface area contributed by atoms with Crippen LogP contribution < -0.4 is 10.1 Å². The summed E-state index contributed by atoms with van der Waals surface area (Å²) < 4.78 is 4.87. The van der Waals surface area contributed by atoms with Crippen LogP contribution in [0, 0.1) is 10.1 Å². The van der Waals surface area contributed by atoms with Crippen molar-refractivity contribution in [2.45, 2.75) is 0 Å². The van der Waals surface area contributed by atoms with Crippen LogP contribution in [0.5, 0.6) is 5.75 Å². The molecule has 5 heteroatoms. The van der Waals surface area contributed by atoms with Gasteiger partial charge in [0.1, 0.15) is 0 Å². The molecule has 0 fully saturated rings. The number of nitrogens with one attached hydrogen (secondary N) is 1. The number of hydrogen-bond acceptors (Lipinski definition) is 4. The molecule has 0 radical (unpaired) electrons. The van der Waals surface area contributed by atoms with Crippen molar-refractivity contribution in [2.75, 3.05) is 19.5 Å². The number of methoxy groups -OCH3 is 1. The van der Waals surface area contributed by atoms with Crippen molar-refractivity contribution in [1.82, 2.24) is 0 Å². The van der Waals surface area contributed by atoms with E-state index in [2.05, 4.69) is 5.32 Å². The number of hydrogen-bond donors (Lipinski definition) is 1. The predicted octanol–water partition coefficient (Wildman–Crippen LogP) is 1.65. The molecule has 13 heavy (non-hydrogen) atoms. The Balaban J connectivity index is 3.15. The topological polar surface area (TPSA) is 64.4 Å². The third-order valence-corrected chi connectivity index (χ3v) is 1.67. The first-order chi connectivity index (χ1) is 6.19. The van der Waals surface area contributed by atoms with Gasteiger partial charge in [0.15, 0.2) is 5.75 Å². The van der Waals surface area contributed by atoms with Crippen LogP contribution in [0.15, 0.2) is 18.2 Å². The van der Waals surface area contributed by atoms with Gasteiger partial charge in [-0.3, -0.25) is 10.1 Å². The predicted molar refractivity (Wildman–Crippen MR) is 49.2 cm³/mol. The van der Waals surface area contributed by atoms with E-state index in [0.29, 0.717) is 0 Å². The van der Waals surface area contributed by atoms with E-state index < -0.39 is 4.92 Å². The Hall–Kier alpha value is -1.78. The highest BCUT2D eigenvalue weighted by molar-refractivity contribution is 5.57. The van der Waals surface area contributed by atoms with E-state index in [4.69, 9.17) is 4.74 Å². The summed E-state index contributed by atoms with van der Waals surface area (Å²) in [7, 11) is 3.14. The number of anilines is 1. The lowest BCUT2D eigenvalue weighted by Gasteiger charge is -2.04. The fraction of sp³-hybridized carbons (Fsp3) is 0.250. The number of nitro benzene ring substituents is 1. The van der Waals surface area contributed by atoms with Gasteiger partial charge in [0.25, 0.3) is 0 Å². The van der Waals surface area contributed by atoms with Crippen LogP contribution in [0.3, 0.4) is 0 Å². The number of nitrogens with zero attached hydrogens (tertiary/aromatic N) is 1. The number of rotatable bonds is 3. The molecule has 0 amide bonds. The van der Waals surface area contributed by atoms with E-state index in [0.717, 1.165) is 5.69 Å². The second kappa shape index (κ2) is 3.75. The monoisotopic (exact) mass is 182 g/mol. The van der Waals surface area contributed by atoms with Crippen LogP contribution in [0.25, 0.3) is 0 Å². The first kappa shape index (κ1) is 9.31. The van der Waals surface area contributed by atoms with Crippen LogP contribution in [0.1, 0.15) is 0 Å². The molecule has 0 saturated carbocycles. The smallest absolute Gasteiger partial charge is 0.311 e. The molecule has 0 aliphatic carbocycles. The van der Waals surface area contributed by atoms with E-state index >= 15 is 0 Å². The van der Waals surface area contributed by atoms with Crippen LogP contribution in [-0.4, -0.2) is 19.1 Å². The van der Waals surface area contributed by atoms with Gasteiger partial charge in [0.05, 0.1) is 12.0 Å². The van der Waals surface area contributed by atoms with Crippen LogP contribution in [0.4, 0.5) is 11.4 Å². The summed E-state index contributed by atoms with van der Waals surface area (Å²) in [6.45, 7) is 0. The van der Waals surface area contributed by atoms with Crippen molar-refractivity contribution in [3.05, 3.63) is 28.3 Å². The molecule has 0 heterocycles. The number of ether oxygens (including phenoxy) is 1. The molecular formula is C8H10N2O3. The summed E-state index contributed by atoms with van der Waals surface area (Å²) in [4.78, 5) is 10.0. The molecule has 0 bridgehead atoms. The van der Waals surface area contributed by atoms with Crippen molar-refractivity contribution < 1.29 is 9.66 Å². The molecular weight excluding hydrogens is 172 g/mol. The van der Waals surface area contributed by atoms with Gasteiger partial charge in [-0.25, -0.2) is 0 Å². The molecule has 1 aromatic rings. The SMILES string of the molecule is CNc1ccc([N+](=O)[O-])c(OC)c1. The Bertz CT molecular complexity index is 325. The van der Waals surface area contributed by atoms with E-state index in [-0.39, 0.29) is 11.4 Å². The van der Waals surface area contributed by atoms with Gasteiger partial charge in [0, 0.05) is 24.9 Å². The highest BCUT2D eigenvalue weighted by Gasteiger charge is 2.13. The second-order valence-electron chi connectivity index (χ2n) is 2.39. The molecule has 1 aromatic carbocycles. The fourth-order valence-corrected chi connectivity index (χ4v) is 0.984. The Labute approximate surface area is 75.5 Å². The minimum Gasteiger partial charge on any atom is -0.490 e. The van der Waals surface area contributed by atoms with Crippen molar-refractivity contribution in [3.8, 4) is 5.75 Å². The lowest BCUT2D eigenvalue weighted by atomic mass is 10.2. The zero-order valence-corrected chi connectivity index (χ0v) is 7.40. The van der Waals surface area contributed by atoms with Gasteiger partial charge in [-0.05, 0) is 6.07 Å². The van der Waals surface area contributed by atoms with E-state index in [1.807, 2.05) is 0 Å². The lowest BCUT2D eigenvalue weighted by molar-refractivity contribution is -0.385. The molecule has 1 rings (SSSR count). The summed E-state index contributed by atoms with van der Waals surface area (Å²) in [5.41, 5.74) is 0.754. The first-order valence-corrected chi connectivity index (χ1v) is 3.69. The van der Waals surface area contributed by atoms with Crippen molar-refractivity contribution in [1.29, 1.82) is 0 Å². The third-order valence-electron chi connectivity index (χ3n) is 1.67. The fourth-order valence-electron chi connectivity index (χ4n) is 0.984. The molecule has 0 saturated heterocycles. The van der Waals surface area contributed by atoms with Gasteiger partial charge in [-0.15, -0.1) is 0 Å². The van der Waals surface area contributed by atoms with Gasteiger partial charge >= 0.3 is 5.69 Å². The lowest BCUT2D eigenvalue weighted by Crippen LogP contribution is -1.95. The van der Waals surface area contributed by atoms with E-state index in [9.17, 15) is 10.1 Å². The molecule has 70 valence electrons. The van der Waals surface area contributed by atoms with Crippen LogP contribution in [0.2, 0.25) is 0 Å². The standard InChI is InChI=1S/C8H10N2O3/c1-9-6-3-4-7(10(11)12)8(5-6)13-2/h3-5,9H,1-2H3. The summed E-state index contributed by atoms with van der Waals surface area (Å²) in [5.74, 6) is 0.261. The van der Waals surface area contributed by atoms with Crippen molar-refractivity contribution >= 4 is 11.4 Å². The third kappa shape index (κ3) is 1.87. The normalized spacial score (nSPS) is 9.38. The highest BCUT2D eigenvalue weighted by Crippen LogP contribution is 2.29. The highest BCUT2D eigenvalue weighted by atomic mass is 16.6. The van der Waals surface area contributed by atoms with Crippen LogP contribution in [-0.2, 0) is 0 Å². The van der Waals surface area contributed by atoms with E-state index in [1.54, 1.807) is 19.2 Å². The molecule has 0 aliphatic rings. The second-order valence-corrected chi connectivity index (χ2v) is 2.39. The Morgan fingerprint density at radius 2 is 2.23 bits per heavy atom. The Morgan fingerprint density at radius 3 is 2.69 bits per heavy atom. The van der Waals surface area contributed by atoms with Crippen LogP contribution >= 0.6 is 0 Å². The van der Waals surface area contributed by atoms with Gasteiger partial charge in [-0.1, -0.05) is 0 Å². The maximum absolute atomic E-state index is 10.5. The maximum atomic E-state index is 10.5. The molecule has 5 nitrogen and oxygen atoms in total. The summed E-state index contributed by atoms with van der Waals surface area (Å²) in [6, 6.07) is 4.61. The minimum absolute atomic E-state index is 0.0264. The minimum atomic E-state index is -0.474. The summed E-state index contributed by atoms with van der Waals surface area (Å²) in [5, 5.41) is 13.4. The maximum Gasteiger partial charge on any atom is 0.311 e. The molecule has 0 aromatic heterocycles. The van der Waals surface area contributed by atoms with Gasteiger partial charge in [0.2, 0.25) is 0 Å². The zero-order chi connectivity index (χ0) is 9.84. The van der Waals surface area contributed by atoms with Gasteiger partial charge in [-0.2, -0.15) is 0 Å². The van der Waals surface area contributed by atoms with Crippen molar-refractivity contribution in [3.63, 3.8) is 0 Å².